The number of rotatable bonds is 5. The topological polar surface area (TPSA) is 78.5 Å². The van der Waals surface area contributed by atoms with Crippen LogP contribution >= 0.6 is 15.9 Å². The van der Waals surface area contributed by atoms with Gasteiger partial charge in [-0.2, -0.15) is 13.2 Å². The molecule has 1 aromatic rings. The molecule has 0 saturated carbocycles. The summed E-state index contributed by atoms with van der Waals surface area (Å²) in [6.07, 6.45) is -4.59. The fourth-order valence-corrected chi connectivity index (χ4v) is 2.30. The van der Waals surface area contributed by atoms with E-state index in [4.69, 9.17) is 5.73 Å². The predicted molar refractivity (Wildman–Crippen MR) is 77.7 cm³/mol. The summed E-state index contributed by atoms with van der Waals surface area (Å²) in [7, 11) is 0. The van der Waals surface area contributed by atoms with E-state index in [1.165, 1.54) is 6.07 Å². The normalized spacial score (nSPS) is 14.3. The molecule has 0 aliphatic rings. The van der Waals surface area contributed by atoms with Gasteiger partial charge in [0.25, 0.3) is 0 Å². The number of benzene rings is 1. The Morgan fingerprint density at radius 1 is 1.29 bits per heavy atom. The fraction of sp³-hybridized carbons (Fsp3) is 0.538. The van der Waals surface area contributed by atoms with Crippen LogP contribution in [-0.4, -0.2) is 29.0 Å². The molecule has 0 aliphatic heterocycles. The molecule has 0 amide bonds. The zero-order chi connectivity index (χ0) is 16.4. The average Bonchev–Trinajstić information content (AvgIpc) is 2.37. The number of hydrogen-bond acceptors (Lipinski definition) is 4. The molecule has 0 saturated heterocycles. The van der Waals surface area contributed by atoms with Crippen molar-refractivity contribution < 1.29 is 23.4 Å². The van der Waals surface area contributed by atoms with E-state index in [0.29, 0.717) is 0 Å². The third-order valence-electron chi connectivity index (χ3n) is 3.00. The Balaban J connectivity index is 3.26. The van der Waals surface area contributed by atoms with Gasteiger partial charge in [0.05, 0.1) is 30.5 Å². The Hall–Kier alpha value is -0.830. The largest absolute Gasteiger partial charge is 0.418 e. The molecule has 0 heterocycles. The predicted octanol–water partition coefficient (Wildman–Crippen LogP) is 2.44. The first-order valence-corrected chi connectivity index (χ1v) is 6.96. The van der Waals surface area contributed by atoms with E-state index in [0.717, 1.165) is 6.07 Å². The highest BCUT2D eigenvalue weighted by Crippen LogP contribution is 2.39. The zero-order valence-corrected chi connectivity index (χ0v) is 13.2. The lowest BCUT2D eigenvalue weighted by atomic mass is 9.99. The summed E-state index contributed by atoms with van der Waals surface area (Å²) in [6, 6.07) is 1.57. The SMILES string of the molecule is CC(C)(CO)NC(CO)c1cc(Br)c(N)c(C(F)(F)F)c1. The number of aliphatic hydroxyl groups excluding tert-OH is 2. The molecular weight excluding hydrogens is 353 g/mol. The van der Waals surface area contributed by atoms with Gasteiger partial charge in [0.2, 0.25) is 0 Å². The van der Waals surface area contributed by atoms with Gasteiger partial charge in [0.15, 0.2) is 0 Å². The third kappa shape index (κ3) is 4.57. The van der Waals surface area contributed by atoms with Crippen LogP contribution in [0.25, 0.3) is 0 Å². The van der Waals surface area contributed by atoms with Gasteiger partial charge in [-0.3, -0.25) is 0 Å². The van der Waals surface area contributed by atoms with Crippen molar-refractivity contribution in [2.24, 2.45) is 0 Å². The van der Waals surface area contributed by atoms with Gasteiger partial charge < -0.3 is 21.3 Å². The summed E-state index contributed by atoms with van der Waals surface area (Å²) >= 11 is 3.00. The van der Waals surface area contributed by atoms with Gasteiger partial charge in [-0.05, 0) is 47.5 Å². The second-order valence-electron chi connectivity index (χ2n) is 5.38. The average molecular weight is 371 g/mol. The van der Waals surface area contributed by atoms with Crippen LogP contribution in [0.1, 0.15) is 31.0 Å². The summed E-state index contributed by atoms with van der Waals surface area (Å²) in [5.74, 6) is 0. The molecule has 120 valence electrons. The van der Waals surface area contributed by atoms with Crippen LogP contribution in [0.2, 0.25) is 0 Å². The molecule has 0 aromatic heterocycles. The summed E-state index contributed by atoms with van der Waals surface area (Å²) in [4.78, 5) is 0. The molecule has 0 bridgehead atoms. The van der Waals surface area contributed by atoms with Crippen molar-refractivity contribution in [1.82, 2.24) is 5.32 Å². The van der Waals surface area contributed by atoms with E-state index in [9.17, 15) is 23.4 Å². The molecule has 4 nitrogen and oxygen atoms in total. The number of halogens is 4. The molecule has 1 unspecified atom stereocenters. The Morgan fingerprint density at radius 3 is 2.29 bits per heavy atom. The second-order valence-corrected chi connectivity index (χ2v) is 6.24. The van der Waals surface area contributed by atoms with E-state index in [2.05, 4.69) is 21.2 Å². The van der Waals surface area contributed by atoms with Gasteiger partial charge in [-0.15, -0.1) is 0 Å². The number of nitrogens with one attached hydrogen (secondary N) is 1. The minimum atomic E-state index is -4.59. The monoisotopic (exact) mass is 370 g/mol. The van der Waals surface area contributed by atoms with Crippen LogP contribution in [-0.2, 0) is 6.18 Å². The molecule has 0 radical (unpaired) electrons. The van der Waals surface area contributed by atoms with Crippen LogP contribution in [0.4, 0.5) is 18.9 Å². The van der Waals surface area contributed by atoms with Crippen molar-refractivity contribution >= 4 is 21.6 Å². The molecule has 1 atom stereocenters. The molecule has 0 aliphatic carbocycles. The summed E-state index contributed by atoms with van der Waals surface area (Å²) in [6.45, 7) is 2.70. The Bertz CT molecular complexity index is 507. The van der Waals surface area contributed by atoms with Crippen LogP contribution in [0, 0.1) is 0 Å². The highest BCUT2D eigenvalue weighted by molar-refractivity contribution is 9.10. The molecule has 8 heteroatoms. The summed E-state index contributed by atoms with van der Waals surface area (Å²) in [5, 5.41) is 21.5. The van der Waals surface area contributed by atoms with Crippen molar-refractivity contribution in [3.63, 3.8) is 0 Å². The maximum absolute atomic E-state index is 13.0. The minimum absolute atomic E-state index is 0.106. The highest BCUT2D eigenvalue weighted by Gasteiger charge is 2.35. The van der Waals surface area contributed by atoms with E-state index < -0.39 is 35.6 Å². The highest BCUT2D eigenvalue weighted by atomic mass is 79.9. The Labute approximate surface area is 129 Å². The lowest BCUT2D eigenvalue weighted by molar-refractivity contribution is -0.137. The van der Waals surface area contributed by atoms with E-state index in [1.54, 1.807) is 13.8 Å². The number of nitrogen functional groups attached to an aromatic ring is 1. The zero-order valence-electron chi connectivity index (χ0n) is 11.6. The quantitative estimate of drug-likeness (QED) is 0.600. The standard InChI is InChI=1S/C13H18BrF3N2O2/c1-12(2,6-21)19-10(5-20)7-3-8(13(15,16)17)11(18)9(14)4-7/h3-4,10,19-21H,5-6,18H2,1-2H3. The number of alkyl halides is 3. The number of aliphatic hydroxyl groups is 2. The molecule has 0 spiro atoms. The van der Waals surface area contributed by atoms with E-state index in [1.807, 2.05) is 0 Å². The Kier molecular flexibility index (Phi) is 5.65. The lowest BCUT2D eigenvalue weighted by Gasteiger charge is -2.30. The van der Waals surface area contributed by atoms with Gasteiger partial charge in [0.1, 0.15) is 0 Å². The van der Waals surface area contributed by atoms with Crippen LogP contribution < -0.4 is 11.1 Å². The van der Waals surface area contributed by atoms with Crippen LogP contribution in [0.5, 0.6) is 0 Å². The lowest BCUT2D eigenvalue weighted by Crippen LogP contribution is -2.45. The third-order valence-corrected chi connectivity index (χ3v) is 3.66. The minimum Gasteiger partial charge on any atom is -0.397 e. The summed E-state index contributed by atoms with van der Waals surface area (Å²) in [5.41, 5.74) is 3.56. The number of nitrogens with two attached hydrogens (primary N) is 1. The van der Waals surface area contributed by atoms with Gasteiger partial charge >= 0.3 is 6.18 Å². The van der Waals surface area contributed by atoms with Crippen molar-refractivity contribution in [2.45, 2.75) is 31.6 Å². The molecule has 0 fully saturated rings. The first-order chi connectivity index (χ1) is 9.51. The van der Waals surface area contributed by atoms with Gasteiger partial charge in [0, 0.05) is 10.0 Å². The Morgan fingerprint density at radius 2 is 1.86 bits per heavy atom. The van der Waals surface area contributed by atoms with E-state index >= 15 is 0 Å². The van der Waals surface area contributed by atoms with Crippen molar-refractivity contribution in [2.75, 3.05) is 18.9 Å². The van der Waals surface area contributed by atoms with E-state index in [-0.39, 0.29) is 16.6 Å². The smallest absolute Gasteiger partial charge is 0.397 e. The van der Waals surface area contributed by atoms with Crippen molar-refractivity contribution in [1.29, 1.82) is 0 Å². The summed E-state index contributed by atoms with van der Waals surface area (Å²) < 4.78 is 39.0. The fourth-order valence-electron chi connectivity index (χ4n) is 1.83. The maximum atomic E-state index is 13.0. The second kappa shape index (κ2) is 6.51. The van der Waals surface area contributed by atoms with Gasteiger partial charge in [-0.1, -0.05) is 0 Å². The van der Waals surface area contributed by atoms with Crippen LogP contribution in [0.15, 0.2) is 16.6 Å². The maximum Gasteiger partial charge on any atom is 0.418 e. The van der Waals surface area contributed by atoms with Crippen LogP contribution in [0.3, 0.4) is 0 Å². The molecule has 1 aromatic carbocycles. The number of anilines is 1. The number of hydrogen-bond donors (Lipinski definition) is 4. The van der Waals surface area contributed by atoms with Crippen molar-refractivity contribution in [3.8, 4) is 0 Å². The molecule has 21 heavy (non-hydrogen) atoms. The first kappa shape index (κ1) is 18.2. The van der Waals surface area contributed by atoms with Gasteiger partial charge in [-0.25, -0.2) is 0 Å². The molecular formula is C13H18BrF3N2O2. The first-order valence-electron chi connectivity index (χ1n) is 6.17. The molecule has 5 N–H and O–H groups in total. The molecule has 1 rings (SSSR count). The van der Waals surface area contributed by atoms with Crippen molar-refractivity contribution in [3.05, 3.63) is 27.7 Å².